The molecule has 0 saturated carbocycles. The quantitative estimate of drug-likeness (QED) is 0.616. The summed E-state index contributed by atoms with van der Waals surface area (Å²) in [5.41, 5.74) is 2.18. The zero-order valence-electron chi connectivity index (χ0n) is 13.0. The fraction of sp³-hybridized carbons (Fsp3) is 0.118. The summed E-state index contributed by atoms with van der Waals surface area (Å²) in [5.74, 6) is 1.29. The van der Waals surface area contributed by atoms with E-state index in [1.54, 1.807) is 12.3 Å². The molecule has 1 heterocycles. The number of aromatic nitrogens is 2. The van der Waals surface area contributed by atoms with Crippen LogP contribution in [0.2, 0.25) is 10.0 Å². The molecule has 0 unspecified atom stereocenters. The first-order chi connectivity index (χ1) is 11.6. The van der Waals surface area contributed by atoms with E-state index in [2.05, 4.69) is 21.7 Å². The second-order valence-corrected chi connectivity index (χ2v) is 5.64. The second-order valence-electron chi connectivity index (χ2n) is 4.89. The maximum atomic E-state index is 6.46. The molecule has 24 heavy (non-hydrogen) atoms. The monoisotopic (exact) mass is 361 g/mol. The molecule has 5 nitrogen and oxygen atoms in total. The van der Waals surface area contributed by atoms with Crippen LogP contribution in [0.25, 0.3) is 22.0 Å². The van der Waals surface area contributed by atoms with Crippen LogP contribution in [0, 0.1) is 0 Å². The second kappa shape index (κ2) is 6.63. The molecule has 0 fully saturated rings. The van der Waals surface area contributed by atoms with Crippen LogP contribution in [-0.2, 0) is 0 Å². The topological polar surface area (TPSA) is 56.6 Å². The normalized spacial score (nSPS) is 10.7. The van der Waals surface area contributed by atoms with Crippen molar-refractivity contribution in [2.75, 3.05) is 14.2 Å². The summed E-state index contributed by atoms with van der Waals surface area (Å²) >= 11 is 12.9. The molecule has 0 bridgehead atoms. The van der Waals surface area contributed by atoms with Crippen molar-refractivity contribution in [2.45, 2.75) is 0 Å². The molecule has 122 valence electrons. The number of ether oxygens (including phenoxy) is 2. The molecule has 1 aromatic heterocycles. The van der Waals surface area contributed by atoms with E-state index in [1.807, 2.05) is 18.2 Å². The first-order valence-electron chi connectivity index (χ1n) is 6.93. The van der Waals surface area contributed by atoms with Crippen molar-refractivity contribution in [3.05, 3.63) is 40.5 Å². The van der Waals surface area contributed by atoms with Gasteiger partial charge in [-0.25, -0.2) is 15.0 Å². The van der Waals surface area contributed by atoms with Gasteiger partial charge in [0.25, 0.3) is 0 Å². The van der Waals surface area contributed by atoms with Crippen LogP contribution in [0.15, 0.2) is 35.5 Å². The number of fused-ring (bicyclic) bond motifs is 1. The number of benzene rings is 2. The van der Waals surface area contributed by atoms with Gasteiger partial charge in [-0.2, -0.15) is 0 Å². The Bertz CT molecular complexity index is 917. The lowest BCUT2D eigenvalue weighted by Gasteiger charge is -2.15. The highest BCUT2D eigenvalue weighted by atomic mass is 35.5. The van der Waals surface area contributed by atoms with Crippen molar-refractivity contribution < 1.29 is 9.47 Å². The summed E-state index contributed by atoms with van der Waals surface area (Å²) in [6, 6.07) is 7.27. The standard InChI is InChI=1S/C17H13Cl2N3O2/c1-20-17-21-8-10-6-9(4-5-11(10)22-17)14-15(18)12(23-2)7-13(24-3)16(14)19/h4-8H,1H2,2-3H3. The van der Waals surface area contributed by atoms with Crippen LogP contribution in [0.1, 0.15) is 0 Å². The van der Waals surface area contributed by atoms with Crippen LogP contribution in [0.4, 0.5) is 5.95 Å². The maximum Gasteiger partial charge on any atom is 0.249 e. The molecule has 0 atom stereocenters. The summed E-state index contributed by atoms with van der Waals surface area (Å²) in [7, 11) is 3.08. The van der Waals surface area contributed by atoms with E-state index >= 15 is 0 Å². The Morgan fingerprint density at radius 1 is 1.04 bits per heavy atom. The molecule has 0 aliphatic heterocycles. The molecule has 0 saturated heterocycles. The third-order valence-electron chi connectivity index (χ3n) is 3.57. The van der Waals surface area contributed by atoms with Gasteiger partial charge in [-0.15, -0.1) is 0 Å². The molecule has 0 amide bonds. The van der Waals surface area contributed by atoms with Gasteiger partial charge < -0.3 is 9.47 Å². The highest BCUT2D eigenvalue weighted by molar-refractivity contribution is 6.41. The first-order valence-corrected chi connectivity index (χ1v) is 7.68. The van der Waals surface area contributed by atoms with Crippen LogP contribution in [-0.4, -0.2) is 30.9 Å². The van der Waals surface area contributed by atoms with Crippen LogP contribution < -0.4 is 9.47 Å². The fourth-order valence-corrected chi connectivity index (χ4v) is 3.11. The van der Waals surface area contributed by atoms with Crippen molar-refractivity contribution in [1.82, 2.24) is 9.97 Å². The predicted octanol–water partition coefficient (Wildman–Crippen LogP) is 4.95. The third kappa shape index (κ3) is 2.77. The molecule has 7 heteroatoms. The summed E-state index contributed by atoms with van der Waals surface area (Å²) in [5, 5.41) is 1.65. The Balaban J connectivity index is 2.25. The highest BCUT2D eigenvalue weighted by Gasteiger charge is 2.19. The fourth-order valence-electron chi connectivity index (χ4n) is 2.39. The van der Waals surface area contributed by atoms with Crippen LogP contribution in [0.5, 0.6) is 11.5 Å². The Kier molecular flexibility index (Phi) is 4.55. The molecule has 0 spiro atoms. The number of methoxy groups -OCH3 is 2. The van der Waals surface area contributed by atoms with Gasteiger partial charge in [0.15, 0.2) is 0 Å². The molecular formula is C17H13Cl2N3O2. The first kappa shape index (κ1) is 16.5. The Hall–Kier alpha value is -2.37. The molecule has 0 radical (unpaired) electrons. The molecule has 3 rings (SSSR count). The number of aliphatic imine (C=N–C) groups is 1. The number of halogens is 2. The zero-order valence-corrected chi connectivity index (χ0v) is 14.5. The summed E-state index contributed by atoms with van der Waals surface area (Å²) in [6.45, 7) is 3.43. The molecule has 2 aromatic carbocycles. The van der Waals surface area contributed by atoms with Gasteiger partial charge in [0, 0.05) is 23.2 Å². The average Bonchev–Trinajstić information content (AvgIpc) is 2.61. The minimum atomic E-state index is 0.328. The minimum absolute atomic E-state index is 0.328. The lowest BCUT2D eigenvalue weighted by Crippen LogP contribution is -1.93. The van der Waals surface area contributed by atoms with Gasteiger partial charge in [-0.1, -0.05) is 29.3 Å². The number of nitrogens with zero attached hydrogens (tertiary/aromatic N) is 3. The highest BCUT2D eigenvalue weighted by Crippen LogP contribution is 2.46. The SMILES string of the molecule is C=Nc1ncc2cc(-c3c(Cl)c(OC)cc(OC)c3Cl)ccc2n1. The van der Waals surface area contributed by atoms with E-state index in [0.29, 0.717) is 33.1 Å². The Labute approximate surface area is 148 Å². The predicted molar refractivity (Wildman–Crippen MR) is 97.3 cm³/mol. The maximum absolute atomic E-state index is 6.46. The number of hydrogen-bond acceptors (Lipinski definition) is 5. The van der Waals surface area contributed by atoms with Crippen molar-refractivity contribution in [2.24, 2.45) is 4.99 Å². The zero-order chi connectivity index (χ0) is 17.3. The summed E-state index contributed by atoms with van der Waals surface area (Å²) in [6.07, 6.45) is 1.68. The molecule has 0 aliphatic rings. The van der Waals surface area contributed by atoms with Crippen molar-refractivity contribution in [3.63, 3.8) is 0 Å². The van der Waals surface area contributed by atoms with E-state index in [0.717, 1.165) is 16.5 Å². The van der Waals surface area contributed by atoms with E-state index in [4.69, 9.17) is 32.7 Å². The Morgan fingerprint density at radius 2 is 1.71 bits per heavy atom. The van der Waals surface area contributed by atoms with Gasteiger partial charge in [0.2, 0.25) is 5.95 Å². The molecule has 0 aliphatic carbocycles. The number of hydrogen-bond donors (Lipinski definition) is 0. The Morgan fingerprint density at radius 3 is 2.29 bits per heavy atom. The largest absolute Gasteiger partial charge is 0.495 e. The van der Waals surface area contributed by atoms with Crippen LogP contribution >= 0.6 is 23.2 Å². The lowest BCUT2D eigenvalue weighted by atomic mass is 10.0. The van der Waals surface area contributed by atoms with Crippen molar-refractivity contribution in [1.29, 1.82) is 0 Å². The summed E-state index contributed by atoms with van der Waals surface area (Å²) in [4.78, 5) is 12.1. The van der Waals surface area contributed by atoms with Crippen molar-refractivity contribution in [3.8, 4) is 22.6 Å². The van der Waals surface area contributed by atoms with E-state index < -0.39 is 0 Å². The minimum Gasteiger partial charge on any atom is -0.495 e. The van der Waals surface area contributed by atoms with Crippen LogP contribution in [0.3, 0.4) is 0 Å². The molecule has 0 N–H and O–H groups in total. The third-order valence-corrected chi connectivity index (χ3v) is 4.32. The van der Waals surface area contributed by atoms with Gasteiger partial charge in [-0.3, -0.25) is 0 Å². The van der Waals surface area contributed by atoms with Gasteiger partial charge in [-0.05, 0) is 24.4 Å². The number of rotatable bonds is 4. The molecular weight excluding hydrogens is 349 g/mol. The van der Waals surface area contributed by atoms with Gasteiger partial charge in [0.1, 0.15) is 11.5 Å². The summed E-state index contributed by atoms with van der Waals surface area (Å²) < 4.78 is 10.6. The molecule has 3 aromatic rings. The van der Waals surface area contributed by atoms with Gasteiger partial charge in [0.05, 0.1) is 29.8 Å². The van der Waals surface area contributed by atoms with E-state index in [1.165, 1.54) is 14.2 Å². The lowest BCUT2D eigenvalue weighted by molar-refractivity contribution is 0.395. The average molecular weight is 362 g/mol. The van der Waals surface area contributed by atoms with E-state index in [-0.39, 0.29) is 0 Å². The van der Waals surface area contributed by atoms with Gasteiger partial charge >= 0.3 is 0 Å². The van der Waals surface area contributed by atoms with E-state index in [9.17, 15) is 0 Å². The van der Waals surface area contributed by atoms with Crippen molar-refractivity contribution >= 4 is 46.8 Å². The smallest absolute Gasteiger partial charge is 0.249 e.